The third kappa shape index (κ3) is 13.9. The van der Waals surface area contributed by atoms with Gasteiger partial charge < -0.3 is 30.9 Å². The molecule has 17 nitrogen and oxygen atoms in total. The normalized spacial score (nSPS) is 21.7. The number of aliphatic hydroxyl groups is 1. The van der Waals surface area contributed by atoms with Crippen molar-refractivity contribution in [2.45, 2.75) is 182 Å². The molecule has 7 aromatic rings. The smallest absolute Gasteiger partial charge is 0.270 e. The number of pyridine rings is 1. The zero-order valence-electron chi connectivity index (χ0n) is 53.0. The molecule has 90 heavy (non-hydrogen) atoms. The Balaban J connectivity index is 0.630. The minimum absolute atomic E-state index is 0.0114. The maximum Gasteiger partial charge on any atom is 0.270 e. The lowest BCUT2D eigenvalue weighted by molar-refractivity contribution is -0.144. The Kier molecular flexibility index (Phi) is 18.7. The van der Waals surface area contributed by atoms with Crippen molar-refractivity contribution < 1.29 is 29.1 Å². The standard InChI is InChI=1S/C71H87N11O6S2/c1-43(49-22-24-51(25-23-49)63-44(2)73-42-89-63)75-66(86)58-34-52(83)39-81(58)68(88)64(70(4,5)6)78-61(84)21-12-10-8-7-9-11-15-29-72-67(87)62-53(55-38-74-82(45(55)3)41-71-35-46-31-47(36-71)33-48(32-46)37-71)26-27-60(77-62)80-30-28-50-17-16-18-54(56(50)40-80)65(85)79-69-76-57-19-13-14-20-59(57)90-69/h13-14,16-20,22-27,38,42-43,46-48,52,58,64,83H,7-12,15,21,28-37,39-41H2,1-6H3,(H,72,87)(H,75,86)(H,78,84)(H,76,79,85)/t43-,46?,47?,48?,52+,58-,64+,71?/m0/s1. The number of rotatable bonds is 23. The zero-order valence-corrected chi connectivity index (χ0v) is 54.6. The highest BCUT2D eigenvalue weighted by atomic mass is 32.1. The van der Waals surface area contributed by atoms with Crippen LogP contribution in [0.25, 0.3) is 31.8 Å². The molecule has 4 bridgehead atoms. The molecular formula is C71H87N11O6S2. The van der Waals surface area contributed by atoms with Gasteiger partial charge >= 0.3 is 0 Å². The SMILES string of the molecule is Cc1ncsc1-c1ccc([C@H](C)NC(=O)[C@@H]2C[C@@H](O)CN2C(=O)[C@@H](NC(=O)CCCCCCCCCNC(=O)c2nc(N3CCc4cccc(C(=O)Nc5nc6ccccc6s5)c4C3)ccc2-c2cnn(CC34CC5CC(CC(C5)C3)C4)c2C)C(C)(C)C)cc1. The van der Waals surface area contributed by atoms with Gasteiger partial charge in [0.1, 0.15) is 23.6 Å². The number of fused-ring (bicyclic) bond motifs is 2. The number of anilines is 2. The molecule has 19 heteroatoms. The van der Waals surface area contributed by atoms with Crippen LogP contribution in [0.15, 0.2) is 90.6 Å². The van der Waals surface area contributed by atoms with Crippen molar-refractivity contribution in [2.24, 2.45) is 28.6 Å². The molecule has 3 aromatic carbocycles. The van der Waals surface area contributed by atoms with Gasteiger partial charge in [0.15, 0.2) is 5.13 Å². The predicted molar refractivity (Wildman–Crippen MR) is 355 cm³/mol. The van der Waals surface area contributed by atoms with Crippen LogP contribution < -0.4 is 26.2 Å². The van der Waals surface area contributed by atoms with E-state index in [9.17, 15) is 29.1 Å². The molecule has 4 aliphatic carbocycles. The van der Waals surface area contributed by atoms with Crippen molar-refractivity contribution in [1.82, 2.24) is 45.6 Å². The third-order valence-electron chi connectivity index (χ3n) is 19.9. The predicted octanol–water partition coefficient (Wildman–Crippen LogP) is 12.5. The largest absolute Gasteiger partial charge is 0.391 e. The summed E-state index contributed by atoms with van der Waals surface area (Å²) in [5.74, 6) is 1.83. The fourth-order valence-corrected chi connectivity index (χ4v) is 17.3. The summed E-state index contributed by atoms with van der Waals surface area (Å²) in [5, 5.41) is 28.8. The molecule has 6 aliphatic rings. The van der Waals surface area contributed by atoms with Crippen LogP contribution in [0.4, 0.5) is 10.9 Å². The maximum atomic E-state index is 14.6. The van der Waals surface area contributed by atoms with Crippen LogP contribution in [-0.2, 0) is 33.9 Å². The second-order valence-corrected chi connectivity index (χ2v) is 29.6. The number of para-hydroxylation sites is 1. The number of unbranched alkanes of at least 4 members (excludes halogenated alkanes) is 6. The molecule has 0 unspecified atom stereocenters. The van der Waals surface area contributed by atoms with Crippen LogP contribution in [0.1, 0.15) is 179 Å². The van der Waals surface area contributed by atoms with Crippen LogP contribution in [0.3, 0.4) is 0 Å². The average Bonchev–Trinajstić information content (AvgIpc) is 1.22. The molecule has 2 aliphatic heterocycles. The number of β-amino-alcohol motifs (C(OH)–C–C–N with tert-alkyl or cyclic N) is 1. The summed E-state index contributed by atoms with van der Waals surface area (Å²) in [4.78, 5) is 89.1. The number of aromatic nitrogens is 5. The van der Waals surface area contributed by atoms with Gasteiger partial charge in [-0.25, -0.2) is 15.0 Å². The van der Waals surface area contributed by atoms with Gasteiger partial charge in [0.25, 0.3) is 11.8 Å². The minimum Gasteiger partial charge on any atom is -0.391 e. The van der Waals surface area contributed by atoms with E-state index in [1.165, 1.54) is 54.8 Å². The lowest BCUT2D eigenvalue weighted by Crippen LogP contribution is -2.57. The van der Waals surface area contributed by atoms with E-state index < -0.39 is 23.6 Å². The van der Waals surface area contributed by atoms with Gasteiger partial charge in [-0.15, -0.1) is 11.3 Å². The highest BCUT2D eigenvalue weighted by molar-refractivity contribution is 7.22. The third-order valence-corrected chi connectivity index (χ3v) is 21.9. The highest BCUT2D eigenvalue weighted by Crippen LogP contribution is 2.60. The molecule has 1 saturated heterocycles. The summed E-state index contributed by atoms with van der Waals surface area (Å²) >= 11 is 3.04. The number of amides is 5. The second kappa shape index (κ2) is 26.8. The first-order valence-corrected chi connectivity index (χ1v) is 34.5. The van der Waals surface area contributed by atoms with Gasteiger partial charge in [-0.1, -0.05) is 113 Å². The van der Waals surface area contributed by atoms with Crippen LogP contribution in [0.2, 0.25) is 0 Å². The van der Waals surface area contributed by atoms with Crippen molar-refractivity contribution >= 4 is 73.4 Å². The molecule has 6 heterocycles. The van der Waals surface area contributed by atoms with E-state index in [0.717, 1.165) is 129 Å². The van der Waals surface area contributed by atoms with Crippen LogP contribution >= 0.6 is 22.7 Å². The van der Waals surface area contributed by atoms with E-state index in [1.54, 1.807) is 11.3 Å². The van der Waals surface area contributed by atoms with E-state index >= 15 is 0 Å². The number of likely N-dealkylation sites (tertiary alicyclic amines) is 1. The summed E-state index contributed by atoms with van der Waals surface area (Å²) in [6.07, 6.45) is 16.4. The summed E-state index contributed by atoms with van der Waals surface area (Å²) < 4.78 is 3.21. The number of aryl methyl sites for hydroxylation is 1. The molecule has 4 aromatic heterocycles. The Labute approximate surface area is 536 Å². The highest BCUT2D eigenvalue weighted by Gasteiger charge is 2.51. The molecule has 5 amide bonds. The van der Waals surface area contributed by atoms with E-state index in [2.05, 4.69) is 53.8 Å². The second-order valence-electron chi connectivity index (χ2n) is 27.7. The topological polar surface area (TPSA) is 217 Å². The molecule has 0 spiro atoms. The van der Waals surface area contributed by atoms with Crippen molar-refractivity contribution in [3.05, 3.63) is 130 Å². The van der Waals surface area contributed by atoms with Gasteiger partial charge in [-0.2, -0.15) is 5.10 Å². The number of nitrogens with zero attached hydrogens (tertiary/aromatic N) is 7. The van der Waals surface area contributed by atoms with Crippen molar-refractivity contribution in [3.8, 4) is 21.6 Å². The first-order valence-electron chi connectivity index (χ1n) is 32.8. The first-order chi connectivity index (χ1) is 43.3. The van der Waals surface area contributed by atoms with Gasteiger partial charge in [0.2, 0.25) is 17.7 Å². The molecule has 5 N–H and O–H groups in total. The number of carbonyl (C=O) groups excluding carboxylic acids is 5. The Morgan fingerprint density at radius 2 is 1.51 bits per heavy atom. The monoisotopic (exact) mass is 1250 g/mol. The minimum atomic E-state index is -0.888. The van der Waals surface area contributed by atoms with Gasteiger partial charge in [0, 0.05) is 67.9 Å². The number of aliphatic hydroxyl groups excluding tert-OH is 1. The van der Waals surface area contributed by atoms with Crippen molar-refractivity contribution in [3.63, 3.8) is 0 Å². The van der Waals surface area contributed by atoms with Gasteiger partial charge in [-0.05, 0) is 160 Å². The van der Waals surface area contributed by atoms with Crippen molar-refractivity contribution in [2.75, 3.05) is 29.9 Å². The van der Waals surface area contributed by atoms with E-state index in [1.807, 2.05) is 119 Å². The summed E-state index contributed by atoms with van der Waals surface area (Å²) in [7, 11) is 0. The van der Waals surface area contributed by atoms with Crippen molar-refractivity contribution in [1.29, 1.82) is 0 Å². The molecule has 474 valence electrons. The number of thiazole rings is 2. The fraction of sp³-hybridized carbons (Fsp3) is 0.507. The molecule has 5 fully saturated rings. The summed E-state index contributed by atoms with van der Waals surface area (Å²) in [5.41, 5.74) is 11.0. The Bertz CT molecular complexity index is 3700. The molecular weight excluding hydrogens is 1170 g/mol. The fourth-order valence-electron chi connectivity index (χ4n) is 15.6. The molecule has 4 atom stereocenters. The number of hydrogen-bond donors (Lipinski definition) is 5. The summed E-state index contributed by atoms with van der Waals surface area (Å²) in [6, 6.07) is 23.7. The zero-order chi connectivity index (χ0) is 62.8. The first kappa shape index (κ1) is 62.8. The Morgan fingerprint density at radius 1 is 0.789 bits per heavy atom. The summed E-state index contributed by atoms with van der Waals surface area (Å²) in [6.45, 7) is 14.3. The number of benzene rings is 3. The van der Waals surface area contributed by atoms with Crippen LogP contribution in [0, 0.1) is 42.4 Å². The number of carbonyl (C=O) groups is 5. The van der Waals surface area contributed by atoms with E-state index in [4.69, 9.17) is 10.1 Å². The van der Waals surface area contributed by atoms with Crippen LogP contribution in [0.5, 0.6) is 0 Å². The maximum absolute atomic E-state index is 14.6. The number of hydrogen-bond acceptors (Lipinski definition) is 13. The molecule has 0 radical (unpaired) electrons. The van der Waals surface area contributed by atoms with Gasteiger partial charge in [-0.3, -0.25) is 34.0 Å². The molecule has 4 saturated carbocycles. The van der Waals surface area contributed by atoms with Gasteiger partial charge in [0.05, 0.1) is 44.6 Å². The quantitative estimate of drug-likeness (QED) is 0.0380. The average molecular weight is 1250 g/mol. The van der Waals surface area contributed by atoms with E-state index in [0.29, 0.717) is 53.7 Å². The Hall–Kier alpha value is -7.35. The van der Waals surface area contributed by atoms with E-state index in [-0.39, 0.29) is 55.0 Å². The lowest BCUT2D eigenvalue weighted by atomic mass is 9.49. The number of nitrogens with one attached hydrogen (secondary N) is 4. The lowest BCUT2D eigenvalue weighted by Gasteiger charge is -2.56. The Morgan fingerprint density at radius 3 is 2.22 bits per heavy atom. The molecule has 13 rings (SSSR count). The van der Waals surface area contributed by atoms with Crippen LogP contribution in [-0.4, -0.2) is 102 Å².